The lowest BCUT2D eigenvalue weighted by molar-refractivity contribution is 0.101. The minimum atomic E-state index is -0.759. The van der Waals surface area contributed by atoms with Crippen molar-refractivity contribution in [2.75, 3.05) is 57.6 Å². The number of pyridine rings is 2. The van der Waals surface area contributed by atoms with Crippen LogP contribution >= 0.6 is 0 Å². The van der Waals surface area contributed by atoms with Crippen molar-refractivity contribution in [3.8, 4) is 17.0 Å². The van der Waals surface area contributed by atoms with Gasteiger partial charge < -0.3 is 29.5 Å². The minimum Gasteiger partial charge on any atom is -0.496 e. The molecule has 3 N–H and O–H groups in total. The van der Waals surface area contributed by atoms with Crippen molar-refractivity contribution in [3.63, 3.8) is 0 Å². The van der Waals surface area contributed by atoms with Crippen molar-refractivity contribution in [2.45, 2.75) is 63.6 Å². The van der Waals surface area contributed by atoms with E-state index in [-0.39, 0.29) is 23.4 Å². The predicted octanol–water partition coefficient (Wildman–Crippen LogP) is 4.80. The van der Waals surface area contributed by atoms with E-state index in [4.69, 9.17) is 9.72 Å². The van der Waals surface area contributed by atoms with Crippen molar-refractivity contribution in [1.82, 2.24) is 29.7 Å². The van der Waals surface area contributed by atoms with Crippen LogP contribution in [0.2, 0.25) is 0 Å². The normalized spacial score (nSPS) is 19.0. The van der Waals surface area contributed by atoms with Crippen LogP contribution in [-0.4, -0.2) is 95.0 Å². The third kappa shape index (κ3) is 7.24. The number of carbonyl (C=O) groups is 1. The van der Waals surface area contributed by atoms with Gasteiger partial charge in [0.05, 0.1) is 35.4 Å². The molecule has 1 aliphatic carbocycles. The van der Waals surface area contributed by atoms with Gasteiger partial charge in [-0.1, -0.05) is 0 Å². The molecule has 12 heteroatoms. The fourth-order valence-electron chi connectivity index (χ4n) is 6.79. The molecule has 47 heavy (non-hydrogen) atoms. The van der Waals surface area contributed by atoms with Crippen LogP contribution in [0.25, 0.3) is 22.3 Å². The summed E-state index contributed by atoms with van der Waals surface area (Å²) < 4.78 is 23.5. The highest BCUT2D eigenvalue weighted by Gasteiger charge is 2.28. The van der Waals surface area contributed by atoms with Crippen molar-refractivity contribution in [2.24, 2.45) is 0 Å². The number of amides is 1. The highest BCUT2D eigenvalue weighted by Crippen LogP contribution is 2.37. The van der Waals surface area contributed by atoms with E-state index in [2.05, 4.69) is 61.2 Å². The average Bonchev–Trinajstić information content (AvgIpc) is 3.43. The first-order chi connectivity index (χ1) is 22.7. The lowest BCUT2D eigenvalue weighted by atomic mass is 9.93. The van der Waals surface area contributed by atoms with Crippen LogP contribution in [0.4, 0.5) is 16.0 Å². The zero-order valence-electron chi connectivity index (χ0n) is 27.7. The summed E-state index contributed by atoms with van der Waals surface area (Å²) in [5.74, 6) is -0.606. The number of benzene rings is 1. The van der Waals surface area contributed by atoms with Crippen LogP contribution in [0.1, 0.15) is 60.6 Å². The number of nitrogens with one attached hydrogen (secondary N) is 2. The molecule has 1 amide bonds. The maximum absolute atomic E-state index is 16.0. The van der Waals surface area contributed by atoms with E-state index >= 15 is 4.39 Å². The monoisotopic (exact) mass is 644 g/mol. The number of aromatic nitrogens is 4. The summed E-state index contributed by atoms with van der Waals surface area (Å²) in [6.07, 6.45) is 7.65. The first-order valence-electron chi connectivity index (χ1n) is 16.5. The second-order valence-corrected chi connectivity index (χ2v) is 13.0. The zero-order chi connectivity index (χ0) is 33.1. The molecule has 1 aromatic carbocycles. The van der Waals surface area contributed by atoms with Crippen LogP contribution in [0.3, 0.4) is 0 Å². The minimum absolute atomic E-state index is 0.00353. The maximum Gasteiger partial charge on any atom is 0.261 e. The molecule has 250 valence electrons. The lowest BCUT2D eigenvalue weighted by Crippen LogP contribution is -2.44. The number of fused-ring (bicyclic) bond motifs is 1. The van der Waals surface area contributed by atoms with E-state index < -0.39 is 11.7 Å². The summed E-state index contributed by atoms with van der Waals surface area (Å²) in [5, 5.41) is 16.9. The third-order valence-electron chi connectivity index (χ3n) is 9.37. The van der Waals surface area contributed by atoms with Gasteiger partial charge in [0.1, 0.15) is 11.4 Å². The molecular weight excluding hydrogens is 599 g/mol. The number of nitrogens with zero attached hydrogens (tertiary/aromatic N) is 6. The third-order valence-corrected chi connectivity index (χ3v) is 9.37. The molecule has 4 aromatic rings. The van der Waals surface area contributed by atoms with E-state index in [0.717, 1.165) is 68.6 Å². The number of methoxy groups -OCH3 is 1. The van der Waals surface area contributed by atoms with Gasteiger partial charge in [0.2, 0.25) is 5.95 Å². The molecule has 2 aliphatic rings. The highest BCUT2D eigenvalue weighted by molar-refractivity contribution is 6.05. The Balaban J connectivity index is 1.29. The Morgan fingerprint density at radius 2 is 1.85 bits per heavy atom. The number of aliphatic hydroxyl groups is 1. The number of aliphatic hydroxyl groups excluding tert-OH is 1. The van der Waals surface area contributed by atoms with Crippen LogP contribution < -0.4 is 20.3 Å². The molecule has 0 atom stereocenters. The molecule has 1 aliphatic heterocycles. The molecule has 6 rings (SSSR count). The molecule has 4 heterocycles. The Morgan fingerprint density at radius 1 is 1.09 bits per heavy atom. The Bertz CT molecular complexity index is 1710. The summed E-state index contributed by atoms with van der Waals surface area (Å²) in [6, 6.07) is 9.86. The average molecular weight is 645 g/mol. The number of anilines is 2. The van der Waals surface area contributed by atoms with E-state index in [1.807, 2.05) is 6.07 Å². The molecule has 3 aromatic heterocycles. The van der Waals surface area contributed by atoms with E-state index in [1.54, 1.807) is 19.2 Å². The summed E-state index contributed by atoms with van der Waals surface area (Å²) in [4.78, 5) is 31.8. The van der Waals surface area contributed by atoms with Crippen LogP contribution in [0.5, 0.6) is 5.75 Å². The lowest BCUT2D eigenvalue weighted by Gasteiger charge is -2.34. The van der Waals surface area contributed by atoms with Crippen LogP contribution in [-0.2, 0) is 0 Å². The first-order valence-corrected chi connectivity index (χ1v) is 16.5. The molecule has 11 nitrogen and oxygen atoms in total. The summed E-state index contributed by atoms with van der Waals surface area (Å²) in [6.45, 7) is 5.61. The van der Waals surface area contributed by atoms with Gasteiger partial charge in [-0.15, -0.1) is 0 Å². The van der Waals surface area contributed by atoms with E-state index in [9.17, 15) is 9.90 Å². The molecule has 1 saturated carbocycles. The Kier molecular flexibility index (Phi) is 10.00. The maximum atomic E-state index is 16.0. The summed E-state index contributed by atoms with van der Waals surface area (Å²) in [5.41, 5.74) is 3.48. The number of aryl methyl sites for hydroxylation is 1. The Labute approximate surface area is 275 Å². The van der Waals surface area contributed by atoms with Gasteiger partial charge in [-0.25, -0.2) is 14.4 Å². The number of halogens is 1. The Hall–Kier alpha value is -4.13. The summed E-state index contributed by atoms with van der Waals surface area (Å²) >= 11 is 0. The number of piperidine rings is 1. The van der Waals surface area contributed by atoms with Crippen LogP contribution in [0, 0.1) is 12.7 Å². The molecule has 0 spiro atoms. The quantitative estimate of drug-likeness (QED) is 0.224. The molecule has 0 radical (unpaired) electrons. The SMILES string of the molecule is COc1ccncc1-c1nc(C)cc(C(=O)Nc2nc3ccc(N4CCC(NCCN(C)C)CC4)cc3n2C2CCC(O)CC2)c1F. The zero-order valence-corrected chi connectivity index (χ0v) is 27.7. The topological polar surface area (TPSA) is 121 Å². The Morgan fingerprint density at radius 3 is 2.57 bits per heavy atom. The van der Waals surface area contributed by atoms with Gasteiger partial charge in [0.25, 0.3) is 5.91 Å². The van der Waals surface area contributed by atoms with Crippen LogP contribution in [0.15, 0.2) is 42.7 Å². The van der Waals surface area contributed by atoms with E-state index in [1.165, 1.54) is 19.4 Å². The number of ether oxygens (including phenoxy) is 1. The number of carbonyl (C=O) groups excluding carboxylic acids is 1. The standard InChI is InChI=1S/C35H45FN8O3/c1-22-19-27(32(36)33(39-22)28-21-37-14-11-31(28)47-4)34(46)41-35-40-29-10-7-25(20-30(29)44(35)24-5-8-26(45)9-6-24)43-16-12-23(13-17-43)38-15-18-42(2)3/h7,10-11,14,19-21,23-24,26,38,45H,5-6,8-9,12-13,15-18H2,1-4H3,(H,40,41,46). The van der Waals surface area contributed by atoms with Crippen molar-refractivity contribution < 1.29 is 19.0 Å². The fraction of sp³-hybridized carbons (Fsp3) is 0.486. The second-order valence-electron chi connectivity index (χ2n) is 13.0. The predicted molar refractivity (Wildman–Crippen MR) is 182 cm³/mol. The number of hydrogen-bond donors (Lipinski definition) is 3. The fourth-order valence-corrected chi connectivity index (χ4v) is 6.79. The largest absolute Gasteiger partial charge is 0.496 e. The highest BCUT2D eigenvalue weighted by atomic mass is 19.1. The van der Waals surface area contributed by atoms with Gasteiger partial charge in [-0.05, 0) is 89.9 Å². The number of likely N-dealkylation sites (N-methyl/N-ethyl adjacent to an activating group) is 1. The molecule has 1 saturated heterocycles. The van der Waals surface area contributed by atoms with E-state index in [0.29, 0.717) is 41.8 Å². The summed E-state index contributed by atoms with van der Waals surface area (Å²) in [7, 11) is 5.67. The number of hydrogen-bond acceptors (Lipinski definition) is 9. The van der Waals surface area contributed by atoms with Crippen molar-refractivity contribution in [3.05, 3.63) is 59.8 Å². The molecule has 0 bridgehead atoms. The smallest absolute Gasteiger partial charge is 0.261 e. The number of rotatable bonds is 10. The van der Waals surface area contributed by atoms with Gasteiger partial charge >= 0.3 is 0 Å². The molecule has 2 fully saturated rings. The van der Waals surface area contributed by atoms with Crippen molar-refractivity contribution in [1.29, 1.82) is 0 Å². The molecule has 0 unspecified atom stereocenters. The van der Waals surface area contributed by atoms with Gasteiger partial charge in [0, 0.05) is 62.0 Å². The van der Waals surface area contributed by atoms with Gasteiger partial charge in [0.15, 0.2) is 5.82 Å². The van der Waals surface area contributed by atoms with Gasteiger partial charge in [-0.2, -0.15) is 0 Å². The van der Waals surface area contributed by atoms with Crippen molar-refractivity contribution >= 4 is 28.6 Å². The van der Waals surface area contributed by atoms with Gasteiger partial charge in [-0.3, -0.25) is 15.1 Å². The molecular formula is C35H45FN8O3. The first kappa shape index (κ1) is 32.8. The number of imidazole rings is 1. The second kappa shape index (κ2) is 14.3.